The summed E-state index contributed by atoms with van der Waals surface area (Å²) in [5.74, 6) is 0.0544. The maximum atomic E-state index is 13.9. The highest BCUT2D eigenvalue weighted by Gasteiger charge is 2.12. The molecule has 0 aliphatic carbocycles. The summed E-state index contributed by atoms with van der Waals surface area (Å²) >= 11 is 1.27. The Labute approximate surface area is 160 Å². The van der Waals surface area contributed by atoms with Gasteiger partial charge in [0.2, 0.25) is 0 Å². The monoisotopic (exact) mass is 386 g/mol. The van der Waals surface area contributed by atoms with Crippen molar-refractivity contribution in [2.24, 2.45) is 0 Å². The van der Waals surface area contributed by atoms with Crippen LogP contribution in [0.4, 0.5) is 9.52 Å². The molecule has 1 N–H and O–H groups in total. The number of nitrogens with one attached hydrogen (secondary N) is 1. The maximum absolute atomic E-state index is 13.9. The normalized spacial score (nSPS) is 10.7. The van der Waals surface area contributed by atoms with Crippen LogP contribution in [0.2, 0.25) is 0 Å². The molecule has 27 heavy (non-hydrogen) atoms. The van der Waals surface area contributed by atoms with Crippen molar-refractivity contribution in [1.29, 1.82) is 0 Å². The van der Waals surface area contributed by atoms with Gasteiger partial charge in [0.15, 0.2) is 16.7 Å². The Kier molecular flexibility index (Phi) is 5.71. The van der Waals surface area contributed by atoms with Gasteiger partial charge in [-0.15, -0.1) is 11.3 Å². The van der Waals surface area contributed by atoms with E-state index in [1.807, 2.05) is 13.8 Å². The molecular formula is C20H19FN2O3S. The van der Waals surface area contributed by atoms with Crippen LogP contribution in [-0.2, 0) is 0 Å². The number of nitrogens with zero attached hydrogens (tertiary/aromatic N) is 1. The van der Waals surface area contributed by atoms with Crippen LogP contribution in [0.25, 0.3) is 11.3 Å². The van der Waals surface area contributed by atoms with E-state index < -0.39 is 5.82 Å². The van der Waals surface area contributed by atoms with E-state index in [-0.39, 0.29) is 17.8 Å². The molecule has 140 valence electrons. The van der Waals surface area contributed by atoms with E-state index in [9.17, 15) is 9.18 Å². The van der Waals surface area contributed by atoms with Gasteiger partial charge in [-0.1, -0.05) is 6.07 Å². The van der Waals surface area contributed by atoms with Gasteiger partial charge in [-0.05, 0) is 50.2 Å². The number of rotatable bonds is 6. The molecule has 7 heteroatoms. The minimum atomic E-state index is -0.462. The van der Waals surface area contributed by atoms with Crippen molar-refractivity contribution in [3.63, 3.8) is 0 Å². The van der Waals surface area contributed by atoms with Crippen molar-refractivity contribution in [2.45, 2.75) is 20.0 Å². The smallest absolute Gasteiger partial charge is 0.257 e. The lowest BCUT2D eigenvalue weighted by atomic mass is 10.1. The zero-order valence-corrected chi connectivity index (χ0v) is 16.0. The Morgan fingerprint density at radius 1 is 1.22 bits per heavy atom. The number of hydrogen-bond acceptors (Lipinski definition) is 5. The van der Waals surface area contributed by atoms with Crippen LogP contribution >= 0.6 is 11.3 Å². The molecule has 0 spiro atoms. The quantitative estimate of drug-likeness (QED) is 0.648. The summed E-state index contributed by atoms with van der Waals surface area (Å²) in [5, 5.41) is 4.95. The lowest BCUT2D eigenvalue weighted by molar-refractivity contribution is 0.102. The number of carbonyl (C=O) groups excluding carboxylic acids is 1. The highest BCUT2D eigenvalue weighted by atomic mass is 32.1. The van der Waals surface area contributed by atoms with E-state index >= 15 is 0 Å². The van der Waals surface area contributed by atoms with Crippen LogP contribution < -0.4 is 14.8 Å². The molecule has 0 aliphatic heterocycles. The number of thiazole rings is 1. The van der Waals surface area contributed by atoms with Crippen molar-refractivity contribution in [1.82, 2.24) is 4.98 Å². The Balaban J connectivity index is 1.74. The number of amides is 1. The standard InChI is InChI=1S/C20H19FN2O3S/c1-12(2)26-15-6-4-5-14(9-15)19(24)23-20-22-17(11-27-20)13-7-8-18(25-3)16(21)10-13/h4-12H,1-3H3,(H,22,23,24). The van der Waals surface area contributed by atoms with Crippen LogP contribution in [0.5, 0.6) is 11.5 Å². The molecule has 0 unspecified atom stereocenters. The van der Waals surface area contributed by atoms with Crippen LogP contribution in [0.3, 0.4) is 0 Å². The number of methoxy groups -OCH3 is 1. The fraction of sp³-hybridized carbons (Fsp3) is 0.200. The number of hydrogen-bond donors (Lipinski definition) is 1. The first-order valence-corrected chi connectivity index (χ1v) is 9.21. The Morgan fingerprint density at radius 2 is 2.04 bits per heavy atom. The molecule has 1 aromatic heterocycles. The van der Waals surface area contributed by atoms with Gasteiger partial charge in [0.1, 0.15) is 5.75 Å². The highest BCUT2D eigenvalue weighted by molar-refractivity contribution is 7.14. The van der Waals surface area contributed by atoms with E-state index in [0.717, 1.165) is 0 Å². The van der Waals surface area contributed by atoms with Crippen molar-refractivity contribution < 1.29 is 18.7 Å². The van der Waals surface area contributed by atoms with E-state index in [1.165, 1.54) is 24.5 Å². The van der Waals surface area contributed by atoms with Gasteiger partial charge in [-0.25, -0.2) is 9.37 Å². The summed E-state index contributed by atoms with van der Waals surface area (Å²) in [6.07, 6.45) is 0.0229. The molecule has 0 atom stereocenters. The number of carbonyl (C=O) groups is 1. The number of aromatic nitrogens is 1. The van der Waals surface area contributed by atoms with E-state index in [4.69, 9.17) is 9.47 Å². The summed E-state index contributed by atoms with van der Waals surface area (Å²) in [5.41, 5.74) is 1.66. The second kappa shape index (κ2) is 8.18. The molecule has 1 heterocycles. The number of halogens is 1. The first-order valence-electron chi connectivity index (χ1n) is 8.34. The third kappa shape index (κ3) is 4.62. The van der Waals surface area contributed by atoms with Gasteiger partial charge in [0.25, 0.3) is 5.91 Å². The van der Waals surface area contributed by atoms with Crippen molar-refractivity contribution in [2.75, 3.05) is 12.4 Å². The molecule has 5 nitrogen and oxygen atoms in total. The molecule has 0 aliphatic rings. The Morgan fingerprint density at radius 3 is 2.74 bits per heavy atom. The highest BCUT2D eigenvalue weighted by Crippen LogP contribution is 2.28. The average Bonchev–Trinajstić information content (AvgIpc) is 3.09. The maximum Gasteiger partial charge on any atom is 0.257 e. The molecule has 1 amide bonds. The van der Waals surface area contributed by atoms with Gasteiger partial charge < -0.3 is 9.47 Å². The summed E-state index contributed by atoms with van der Waals surface area (Å²) in [6.45, 7) is 3.84. The van der Waals surface area contributed by atoms with E-state index in [0.29, 0.717) is 27.7 Å². The van der Waals surface area contributed by atoms with Crippen molar-refractivity contribution >= 4 is 22.4 Å². The number of anilines is 1. The zero-order valence-electron chi connectivity index (χ0n) is 15.2. The predicted molar refractivity (Wildman–Crippen MR) is 104 cm³/mol. The predicted octanol–water partition coefficient (Wildman–Crippen LogP) is 5.00. The van der Waals surface area contributed by atoms with Gasteiger partial charge in [0.05, 0.1) is 18.9 Å². The Hall–Kier alpha value is -2.93. The van der Waals surface area contributed by atoms with Gasteiger partial charge >= 0.3 is 0 Å². The second-order valence-electron chi connectivity index (χ2n) is 6.04. The third-order valence-electron chi connectivity index (χ3n) is 3.64. The van der Waals surface area contributed by atoms with Crippen molar-refractivity contribution in [3.05, 3.63) is 59.2 Å². The molecular weight excluding hydrogens is 367 g/mol. The summed E-state index contributed by atoms with van der Waals surface area (Å²) in [6, 6.07) is 11.6. The van der Waals surface area contributed by atoms with Crippen LogP contribution in [0.15, 0.2) is 47.8 Å². The third-order valence-corrected chi connectivity index (χ3v) is 4.40. The number of ether oxygens (including phenoxy) is 2. The minimum absolute atomic E-state index is 0.0229. The van der Waals surface area contributed by atoms with Gasteiger partial charge in [-0.3, -0.25) is 10.1 Å². The SMILES string of the molecule is COc1ccc(-c2csc(NC(=O)c3cccc(OC(C)C)c3)n2)cc1F. The number of benzene rings is 2. The molecule has 0 saturated carbocycles. The average molecular weight is 386 g/mol. The van der Waals surface area contributed by atoms with Crippen LogP contribution in [0, 0.1) is 5.82 Å². The molecule has 0 radical (unpaired) electrons. The van der Waals surface area contributed by atoms with Gasteiger partial charge in [0, 0.05) is 16.5 Å². The molecule has 0 fully saturated rings. The second-order valence-corrected chi connectivity index (χ2v) is 6.89. The molecule has 0 bridgehead atoms. The summed E-state index contributed by atoms with van der Waals surface area (Å²) in [7, 11) is 1.41. The van der Waals surface area contributed by atoms with Crippen molar-refractivity contribution in [3.8, 4) is 22.8 Å². The van der Waals surface area contributed by atoms with E-state index in [2.05, 4.69) is 10.3 Å². The zero-order chi connectivity index (χ0) is 19.4. The molecule has 3 aromatic rings. The van der Waals surface area contributed by atoms with Crippen LogP contribution in [-0.4, -0.2) is 24.1 Å². The molecule has 2 aromatic carbocycles. The lowest BCUT2D eigenvalue weighted by Gasteiger charge is -2.10. The Bertz CT molecular complexity index is 956. The van der Waals surface area contributed by atoms with Crippen LogP contribution in [0.1, 0.15) is 24.2 Å². The minimum Gasteiger partial charge on any atom is -0.494 e. The lowest BCUT2D eigenvalue weighted by Crippen LogP contribution is -2.12. The first-order chi connectivity index (χ1) is 13.0. The van der Waals surface area contributed by atoms with Gasteiger partial charge in [-0.2, -0.15) is 0 Å². The molecule has 0 saturated heterocycles. The fourth-order valence-corrected chi connectivity index (χ4v) is 3.16. The molecule has 3 rings (SSSR count). The van der Waals surface area contributed by atoms with E-state index in [1.54, 1.807) is 41.8 Å². The summed E-state index contributed by atoms with van der Waals surface area (Å²) < 4.78 is 24.4. The largest absolute Gasteiger partial charge is 0.494 e. The first kappa shape index (κ1) is 18.8. The summed E-state index contributed by atoms with van der Waals surface area (Å²) in [4.78, 5) is 16.8. The fourth-order valence-electron chi connectivity index (χ4n) is 2.44. The topological polar surface area (TPSA) is 60.5 Å².